The number of nitrogens with zero attached hydrogens (tertiary/aromatic N) is 3. The maximum Gasteiger partial charge on any atom is 0.261 e. The highest BCUT2D eigenvalue weighted by atomic mass is 19.3. The van der Waals surface area contributed by atoms with Crippen LogP contribution in [0.3, 0.4) is 0 Å². The van der Waals surface area contributed by atoms with E-state index in [1.54, 1.807) is 21.9 Å². The van der Waals surface area contributed by atoms with Gasteiger partial charge in [0.05, 0.1) is 37.0 Å². The molecule has 150 valence electrons. The SMILES string of the molecule is Cc1cccc(CN2CCC[C@@]3(CN(Cc4ccco4)CC(F)(F)C3)C2=O)n1. The molecule has 2 aliphatic rings. The molecule has 1 amide bonds. The summed E-state index contributed by atoms with van der Waals surface area (Å²) in [7, 11) is 0. The normalized spacial score (nSPS) is 25.4. The molecule has 0 radical (unpaired) electrons. The van der Waals surface area contributed by atoms with Crippen molar-refractivity contribution in [1.29, 1.82) is 0 Å². The van der Waals surface area contributed by atoms with Gasteiger partial charge >= 0.3 is 0 Å². The molecule has 0 unspecified atom stereocenters. The van der Waals surface area contributed by atoms with Crippen LogP contribution < -0.4 is 0 Å². The molecule has 2 aromatic heterocycles. The van der Waals surface area contributed by atoms with Crippen LogP contribution >= 0.6 is 0 Å². The maximum absolute atomic E-state index is 14.6. The van der Waals surface area contributed by atoms with Crippen molar-refractivity contribution in [2.75, 3.05) is 19.6 Å². The van der Waals surface area contributed by atoms with Gasteiger partial charge in [0.15, 0.2) is 0 Å². The Labute approximate surface area is 163 Å². The standard InChI is InChI=1S/C21H25F2N3O2/c1-16-5-2-6-17(24-16)11-26-9-4-8-20(19(26)27)13-21(22,23)15-25(14-20)12-18-7-3-10-28-18/h2-3,5-7,10H,4,8-9,11-15H2,1H3/t20-/m1/s1. The number of aryl methyl sites for hydroxylation is 1. The first-order valence-electron chi connectivity index (χ1n) is 9.70. The molecule has 0 bridgehead atoms. The number of piperidine rings is 2. The van der Waals surface area contributed by atoms with Crippen molar-refractivity contribution in [2.45, 2.75) is 45.2 Å². The number of hydrogen-bond donors (Lipinski definition) is 0. The number of furan rings is 1. The lowest BCUT2D eigenvalue weighted by Crippen LogP contribution is -2.60. The average Bonchev–Trinajstić information content (AvgIpc) is 3.11. The topological polar surface area (TPSA) is 49.6 Å². The Morgan fingerprint density at radius 1 is 1.18 bits per heavy atom. The Kier molecular flexibility index (Phi) is 4.95. The van der Waals surface area contributed by atoms with Crippen molar-refractivity contribution in [3.05, 3.63) is 53.7 Å². The lowest BCUT2D eigenvalue weighted by atomic mass is 9.71. The third-order valence-electron chi connectivity index (χ3n) is 5.66. The number of carbonyl (C=O) groups is 1. The molecule has 2 saturated heterocycles. The number of amides is 1. The maximum atomic E-state index is 14.6. The van der Waals surface area contributed by atoms with E-state index in [2.05, 4.69) is 4.98 Å². The quantitative estimate of drug-likeness (QED) is 0.801. The Morgan fingerprint density at radius 2 is 2.04 bits per heavy atom. The number of halogens is 2. The van der Waals surface area contributed by atoms with E-state index in [0.717, 1.165) is 17.8 Å². The number of likely N-dealkylation sites (tertiary alicyclic amines) is 2. The van der Waals surface area contributed by atoms with Crippen LogP contribution in [0.1, 0.15) is 36.4 Å². The first-order valence-corrected chi connectivity index (χ1v) is 9.70. The Bertz CT molecular complexity index is 840. The molecule has 1 spiro atoms. The van der Waals surface area contributed by atoms with Gasteiger partial charge in [0.1, 0.15) is 5.76 Å². The molecule has 4 heterocycles. The molecular weight excluding hydrogens is 364 g/mol. The summed E-state index contributed by atoms with van der Waals surface area (Å²) in [5.74, 6) is -2.44. The van der Waals surface area contributed by atoms with Crippen LogP contribution in [0.5, 0.6) is 0 Å². The van der Waals surface area contributed by atoms with Crippen LogP contribution in [0, 0.1) is 12.3 Å². The summed E-state index contributed by atoms with van der Waals surface area (Å²) >= 11 is 0. The molecule has 4 rings (SSSR count). The fraction of sp³-hybridized carbons (Fsp3) is 0.524. The average molecular weight is 389 g/mol. The van der Waals surface area contributed by atoms with Crippen LogP contribution in [0.4, 0.5) is 8.78 Å². The van der Waals surface area contributed by atoms with Crippen LogP contribution in [-0.2, 0) is 17.9 Å². The van der Waals surface area contributed by atoms with E-state index in [1.807, 2.05) is 25.1 Å². The highest BCUT2D eigenvalue weighted by molar-refractivity contribution is 5.84. The summed E-state index contributed by atoms with van der Waals surface area (Å²) in [5.41, 5.74) is 0.627. The predicted octanol–water partition coefficient (Wildman–Crippen LogP) is 3.63. The number of aromatic nitrogens is 1. The molecule has 0 saturated carbocycles. The summed E-state index contributed by atoms with van der Waals surface area (Å²) in [4.78, 5) is 21.2. The molecule has 5 nitrogen and oxygen atoms in total. The van der Waals surface area contributed by atoms with Crippen molar-refractivity contribution in [3.63, 3.8) is 0 Å². The van der Waals surface area contributed by atoms with E-state index in [-0.39, 0.29) is 25.4 Å². The zero-order chi connectivity index (χ0) is 19.8. The highest BCUT2D eigenvalue weighted by Gasteiger charge is 2.55. The molecule has 0 aromatic carbocycles. The minimum Gasteiger partial charge on any atom is -0.468 e. The third-order valence-corrected chi connectivity index (χ3v) is 5.66. The van der Waals surface area contributed by atoms with E-state index in [4.69, 9.17) is 4.42 Å². The number of rotatable bonds is 4. The van der Waals surface area contributed by atoms with Crippen LogP contribution in [-0.4, -0.2) is 46.2 Å². The van der Waals surface area contributed by atoms with Gasteiger partial charge in [0.2, 0.25) is 5.91 Å². The monoisotopic (exact) mass is 389 g/mol. The van der Waals surface area contributed by atoms with Crippen molar-refractivity contribution in [3.8, 4) is 0 Å². The largest absolute Gasteiger partial charge is 0.468 e. The fourth-order valence-corrected chi connectivity index (χ4v) is 4.65. The first kappa shape index (κ1) is 19.1. The van der Waals surface area contributed by atoms with Gasteiger partial charge in [-0.2, -0.15) is 0 Å². The zero-order valence-corrected chi connectivity index (χ0v) is 16.0. The van der Waals surface area contributed by atoms with Gasteiger partial charge in [-0.1, -0.05) is 6.07 Å². The summed E-state index contributed by atoms with van der Waals surface area (Å²) in [6, 6.07) is 9.20. The summed E-state index contributed by atoms with van der Waals surface area (Å²) in [6.07, 6.45) is 2.37. The summed E-state index contributed by atoms with van der Waals surface area (Å²) in [6.45, 7) is 3.13. The molecule has 2 aliphatic heterocycles. The van der Waals surface area contributed by atoms with Crippen LogP contribution in [0.2, 0.25) is 0 Å². The predicted molar refractivity (Wildman–Crippen MR) is 99.6 cm³/mol. The zero-order valence-electron chi connectivity index (χ0n) is 16.0. The minimum absolute atomic E-state index is 0.175. The van der Waals surface area contributed by atoms with Gasteiger partial charge in [-0.3, -0.25) is 14.7 Å². The van der Waals surface area contributed by atoms with E-state index in [0.29, 0.717) is 31.8 Å². The molecule has 7 heteroatoms. The van der Waals surface area contributed by atoms with Crippen LogP contribution in [0.25, 0.3) is 0 Å². The minimum atomic E-state index is -2.90. The molecule has 2 fully saturated rings. The van der Waals surface area contributed by atoms with Gasteiger partial charge in [-0.05, 0) is 44.0 Å². The molecule has 1 atom stereocenters. The van der Waals surface area contributed by atoms with E-state index in [9.17, 15) is 13.6 Å². The second kappa shape index (κ2) is 7.28. The van der Waals surface area contributed by atoms with E-state index in [1.165, 1.54) is 6.26 Å². The lowest BCUT2D eigenvalue weighted by Gasteiger charge is -2.49. The number of carbonyl (C=O) groups excluding carboxylic acids is 1. The van der Waals surface area contributed by atoms with Gasteiger partial charge in [0, 0.05) is 25.2 Å². The van der Waals surface area contributed by atoms with Crippen molar-refractivity contribution >= 4 is 5.91 Å². The summed E-state index contributed by atoms with van der Waals surface area (Å²) < 4.78 is 34.6. The number of alkyl halides is 2. The molecule has 0 aliphatic carbocycles. The second-order valence-electron chi connectivity index (χ2n) is 8.14. The first-order chi connectivity index (χ1) is 13.4. The Hall–Kier alpha value is -2.28. The summed E-state index contributed by atoms with van der Waals surface area (Å²) in [5, 5.41) is 0. The van der Waals surface area contributed by atoms with Gasteiger partial charge in [-0.25, -0.2) is 8.78 Å². The molecule has 28 heavy (non-hydrogen) atoms. The van der Waals surface area contributed by atoms with Gasteiger partial charge in [-0.15, -0.1) is 0 Å². The third kappa shape index (κ3) is 3.94. The van der Waals surface area contributed by atoms with Gasteiger partial charge in [0.25, 0.3) is 5.92 Å². The van der Waals surface area contributed by atoms with E-state index >= 15 is 0 Å². The number of hydrogen-bond acceptors (Lipinski definition) is 4. The van der Waals surface area contributed by atoms with Crippen LogP contribution in [0.15, 0.2) is 41.0 Å². The highest BCUT2D eigenvalue weighted by Crippen LogP contribution is 2.45. The fourth-order valence-electron chi connectivity index (χ4n) is 4.65. The second-order valence-corrected chi connectivity index (χ2v) is 8.14. The van der Waals surface area contributed by atoms with Crippen molar-refractivity contribution in [2.24, 2.45) is 5.41 Å². The lowest BCUT2D eigenvalue weighted by molar-refractivity contribution is -0.171. The van der Waals surface area contributed by atoms with Gasteiger partial charge < -0.3 is 9.32 Å². The molecular formula is C21H25F2N3O2. The van der Waals surface area contributed by atoms with Crippen molar-refractivity contribution < 1.29 is 18.0 Å². The molecule has 2 aromatic rings. The smallest absolute Gasteiger partial charge is 0.261 e. The molecule has 0 N–H and O–H groups in total. The Morgan fingerprint density at radius 3 is 2.79 bits per heavy atom. The Balaban J connectivity index is 1.54. The number of pyridine rings is 1. The van der Waals surface area contributed by atoms with Crippen molar-refractivity contribution in [1.82, 2.24) is 14.8 Å². The van der Waals surface area contributed by atoms with E-state index < -0.39 is 11.3 Å².